The molecule has 1 aromatic heterocycles. The fourth-order valence-corrected chi connectivity index (χ4v) is 3.64. The van der Waals surface area contributed by atoms with Gasteiger partial charge in [-0.15, -0.1) is 0 Å². The van der Waals surface area contributed by atoms with Gasteiger partial charge in [0.05, 0.1) is 18.3 Å². The number of halogens is 2. The van der Waals surface area contributed by atoms with Gasteiger partial charge in [-0.05, 0) is 45.4 Å². The van der Waals surface area contributed by atoms with Crippen molar-refractivity contribution < 1.29 is 23.1 Å². The molecule has 9 nitrogen and oxygen atoms in total. The number of hydrogen-bond donors (Lipinski definition) is 3. The Morgan fingerprint density at radius 1 is 1.30 bits per heavy atom. The number of amides is 2. The molecule has 1 aromatic carbocycles. The fraction of sp³-hybridized carbons (Fsp3) is 0.462. The lowest BCUT2D eigenvalue weighted by atomic mass is 10.2. The Balaban J connectivity index is 1.49. The number of aromatic nitrogens is 2. The van der Waals surface area contributed by atoms with Crippen LogP contribution < -0.4 is 16.0 Å². The van der Waals surface area contributed by atoms with Crippen LogP contribution in [0.3, 0.4) is 0 Å². The van der Waals surface area contributed by atoms with Gasteiger partial charge in [0.15, 0.2) is 0 Å². The summed E-state index contributed by atoms with van der Waals surface area (Å²) in [5.41, 5.74) is 0.377. The minimum Gasteiger partial charge on any atom is -0.444 e. The molecule has 3 N–H and O–H groups in total. The second-order valence-corrected chi connectivity index (χ2v) is 9.52. The summed E-state index contributed by atoms with van der Waals surface area (Å²) in [7, 11) is 1.71. The Kier molecular flexibility index (Phi) is 9.22. The highest BCUT2D eigenvalue weighted by Gasteiger charge is 2.41. The Morgan fingerprint density at radius 2 is 2.08 bits per heavy atom. The van der Waals surface area contributed by atoms with E-state index in [9.17, 15) is 18.4 Å². The minimum absolute atomic E-state index is 0.0538. The van der Waals surface area contributed by atoms with Gasteiger partial charge in [-0.3, -0.25) is 9.69 Å². The van der Waals surface area contributed by atoms with Crippen molar-refractivity contribution in [3.05, 3.63) is 41.8 Å². The number of ether oxygens (including phenoxy) is 1. The van der Waals surface area contributed by atoms with Gasteiger partial charge in [0, 0.05) is 32.1 Å². The van der Waals surface area contributed by atoms with E-state index in [-0.39, 0.29) is 18.8 Å². The van der Waals surface area contributed by atoms with E-state index in [2.05, 4.69) is 37.8 Å². The van der Waals surface area contributed by atoms with Crippen molar-refractivity contribution >= 4 is 29.5 Å². The van der Waals surface area contributed by atoms with Crippen molar-refractivity contribution in [1.29, 1.82) is 0 Å². The first kappa shape index (κ1) is 27.6. The van der Waals surface area contributed by atoms with Crippen LogP contribution in [-0.4, -0.2) is 64.8 Å². The van der Waals surface area contributed by atoms with Gasteiger partial charge in [0.2, 0.25) is 11.9 Å². The number of likely N-dealkylation sites (tertiary alicyclic amines) is 1. The summed E-state index contributed by atoms with van der Waals surface area (Å²) >= 11 is 0. The predicted octanol–water partition coefficient (Wildman–Crippen LogP) is 4.00. The highest BCUT2D eigenvalue weighted by Crippen LogP contribution is 2.23. The third-order valence-electron chi connectivity index (χ3n) is 5.29. The number of nitrogens with zero attached hydrogens (tertiary/aromatic N) is 3. The van der Waals surface area contributed by atoms with Crippen LogP contribution in [0, 0.1) is 17.7 Å². The predicted molar refractivity (Wildman–Crippen MR) is 137 cm³/mol. The van der Waals surface area contributed by atoms with E-state index >= 15 is 0 Å². The summed E-state index contributed by atoms with van der Waals surface area (Å²) in [5, 5.41) is 8.66. The number of alkyl halides is 1. The number of carbonyl (C=O) groups is 2. The van der Waals surface area contributed by atoms with Crippen LogP contribution in [0.5, 0.6) is 0 Å². The smallest absolute Gasteiger partial charge is 0.411 e. The molecule has 0 aliphatic carbocycles. The number of anilines is 3. The molecule has 2 heterocycles. The zero-order chi connectivity index (χ0) is 27.0. The Bertz CT molecular complexity index is 1170. The van der Waals surface area contributed by atoms with Gasteiger partial charge in [-0.25, -0.2) is 18.6 Å². The highest BCUT2D eigenvalue weighted by atomic mass is 19.1. The van der Waals surface area contributed by atoms with E-state index < -0.39 is 29.8 Å². The molecule has 2 atom stereocenters. The summed E-state index contributed by atoms with van der Waals surface area (Å²) < 4.78 is 32.6. The molecule has 198 valence electrons. The van der Waals surface area contributed by atoms with E-state index in [1.165, 1.54) is 12.1 Å². The molecule has 3 rings (SSSR count). The van der Waals surface area contributed by atoms with E-state index in [4.69, 9.17) is 4.74 Å². The number of nitrogens with one attached hydrogen (secondary N) is 3. The van der Waals surface area contributed by atoms with Gasteiger partial charge in [0.25, 0.3) is 0 Å². The molecule has 1 saturated heterocycles. The quantitative estimate of drug-likeness (QED) is 0.379. The monoisotopic (exact) mass is 514 g/mol. The molecule has 0 radical (unpaired) electrons. The number of hydrogen-bond acceptors (Lipinski definition) is 7. The van der Waals surface area contributed by atoms with Crippen molar-refractivity contribution in [3.8, 4) is 11.8 Å². The van der Waals surface area contributed by atoms with Crippen LogP contribution in [0.15, 0.2) is 30.5 Å². The van der Waals surface area contributed by atoms with Crippen LogP contribution in [-0.2, 0) is 9.53 Å². The molecular weight excluding hydrogens is 482 g/mol. The molecule has 2 amide bonds. The van der Waals surface area contributed by atoms with Crippen molar-refractivity contribution in [2.75, 3.05) is 30.8 Å². The maximum atomic E-state index is 14.0. The molecule has 0 unspecified atom stereocenters. The minimum atomic E-state index is -1.27. The SMILES string of the molecule is CNc1nc(Nc2cccc(F)c2)ncc1C#CCCCNC(=O)[C@@H]1C[C@H](F)CN1C(=O)OC(C)(C)C. The van der Waals surface area contributed by atoms with Crippen LogP contribution >= 0.6 is 0 Å². The number of benzene rings is 1. The molecule has 1 aliphatic rings. The molecule has 1 aliphatic heterocycles. The first-order valence-electron chi connectivity index (χ1n) is 12.0. The second-order valence-electron chi connectivity index (χ2n) is 9.52. The van der Waals surface area contributed by atoms with Gasteiger partial charge < -0.3 is 20.7 Å². The number of rotatable bonds is 7. The average Bonchev–Trinajstić information content (AvgIpc) is 3.23. The highest BCUT2D eigenvalue weighted by molar-refractivity contribution is 5.86. The summed E-state index contributed by atoms with van der Waals surface area (Å²) in [6.07, 6.45) is 0.590. The van der Waals surface area contributed by atoms with Crippen molar-refractivity contribution in [2.45, 2.75) is 57.8 Å². The molecular formula is C26H32F2N6O3. The Hall–Kier alpha value is -3.94. The van der Waals surface area contributed by atoms with Gasteiger partial charge in [-0.2, -0.15) is 4.98 Å². The lowest BCUT2D eigenvalue weighted by Crippen LogP contribution is -2.47. The van der Waals surface area contributed by atoms with Crippen LogP contribution in [0.4, 0.5) is 31.0 Å². The van der Waals surface area contributed by atoms with E-state index in [0.29, 0.717) is 42.4 Å². The molecule has 1 fully saturated rings. The molecule has 0 saturated carbocycles. The largest absolute Gasteiger partial charge is 0.444 e. The number of unbranched alkanes of at least 4 members (excludes halogenated alkanes) is 1. The number of carbonyl (C=O) groups excluding carboxylic acids is 2. The first-order chi connectivity index (χ1) is 17.6. The van der Waals surface area contributed by atoms with E-state index in [0.717, 1.165) is 4.90 Å². The molecule has 11 heteroatoms. The van der Waals surface area contributed by atoms with Gasteiger partial charge in [0.1, 0.15) is 29.4 Å². The van der Waals surface area contributed by atoms with Crippen LogP contribution in [0.1, 0.15) is 45.6 Å². The lowest BCUT2D eigenvalue weighted by molar-refractivity contribution is -0.125. The van der Waals surface area contributed by atoms with Crippen molar-refractivity contribution in [2.24, 2.45) is 0 Å². The second kappa shape index (κ2) is 12.3. The Labute approximate surface area is 215 Å². The molecule has 2 aromatic rings. The van der Waals surface area contributed by atoms with Crippen LogP contribution in [0.25, 0.3) is 0 Å². The fourth-order valence-electron chi connectivity index (χ4n) is 3.64. The summed E-state index contributed by atoms with van der Waals surface area (Å²) in [6, 6.07) is 5.08. The third kappa shape index (κ3) is 8.31. The Morgan fingerprint density at radius 3 is 2.78 bits per heavy atom. The standard InChI is InChI=1S/C26H32F2N6O3/c1-26(2,3)37-25(36)34-16-19(28)14-21(34)23(35)30-12-7-5-6-9-17-15-31-24(33-22(17)29-4)32-20-11-8-10-18(27)13-20/h8,10-11,13,15,19,21H,5,7,12,14,16H2,1-4H3,(H,30,35)(H2,29,31,32,33)/t19-,21-/m0/s1. The first-order valence-corrected chi connectivity index (χ1v) is 12.0. The molecule has 37 heavy (non-hydrogen) atoms. The zero-order valence-electron chi connectivity index (χ0n) is 21.4. The summed E-state index contributed by atoms with van der Waals surface area (Å²) in [4.78, 5) is 34.7. The maximum Gasteiger partial charge on any atom is 0.411 e. The zero-order valence-corrected chi connectivity index (χ0v) is 21.4. The van der Waals surface area contributed by atoms with Crippen molar-refractivity contribution in [3.63, 3.8) is 0 Å². The molecule has 0 spiro atoms. The van der Waals surface area contributed by atoms with Crippen LogP contribution in [0.2, 0.25) is 0 Å². The van der Waals surface area contributed by atoms with Gasteiger partial charge in [-0.1, -0.05) is 17.9 Å². The normalized spacial score (nSPS) is 17.0. The lowest BCUT2D eigenvalue weighted by Gasteiger charge is -2.27. The topological polar surface area (TPSA) is 108 Å². The maximum absolute atomic E-state index is 14.0. The van der Waals surface area contributed by atoms with Crippen molar-refractivity contribution in [1.82, 2.24) is 20.2 Å². The van der Waals surface area contributed by atoms with Gasteiger partial charge >= 0.3 is 6.09 Å². The van der Waals surface area contributed by atoms with E-state index in [1.54, 1.807) is 46.1 Å². The summed E-state index contributed by atoms with van der Waals surface area (Å²) in [5.74, 6) is 6.05. The van der Waals surface area contributed by atoms with E-state index in [1.807, 2.05) is 0 Å². The third-order valence-corrected chi connectivity index (χ3v) is 5.29. The average molecular weight is 515 g/mol. The molecule has 0 bridgehead atoms. The summed E-state index contributed by atoms with van der Waals surface area (Å²) in [6.45, 7) is 5.32.